The molecule has 0 unspecified atom stereocenters. The van der Waals surface area contributed by atoms with Crippen LogP contribution in [-0.2, 0) is 11.0 Å². The number of rotatable bonds is 2. The van der Waals surface area contributed by atoms with Gasteiger partial charge in [0.15, 0.2) is 0 Å². The Morgan fingerprint density at radius 2 is 2.00 bits per heavy atom. The van der Waals surface area contributed by atoms with E-state index in [1.807, 2.05) is 0 Å². The Kier molecular flexibility index (Phi) is 4.13. The molecule has 0 atom stereocenters. The van der Waals surface area contributed by atoms with E-state index in [1.54, 1.807) is 0 Å². The number of hydrogen-bond acceptors (Lipinski definition) is 1. The molecule has 0 aliphatic rings. The molecule has 0 heterocycles. The van der Waals surface area contributed by atoms with Gasteiger partial charge in [-0.15, -0.1) is 0 Å². The zero-order chi connectivity index (χ0) is 13.2. The van der Waals surface area contributed by atoms with Gasteiger partial charge in [0.2, 0.25) is 5.91 Å². The van der Waals surface area contributed by atoms with E-state index in [-0.39, 0.29) is 10.9 Å². The first-order valence-corrected chi connectivity index (χ1v) is 5.41. The van der Waals surface area contributed by atoms with Crippen molar-refractivity contribution in [3.8, 4) is 0 Å². The van der Waals surface area contributed by atoms with Crippen LogP contribution < -0.4 is 5.32 Å². The molecule has 0 saturated heterocycles. The zero-order valence-corrected chi connectivity index (χ0v) is 10.2. The SMILES string of the molecule is CCC(=O)Nc1c(Br)cc(F)cc1C(F)(F)F. The van der Waals surface area contributed by atoms with E-state index in [0.717, 1.165) is 6.07 Å². The van der Waals surface area contributed by atoms with Crippen molar-refractivity contribution in [2.75, 3.05) is 5.32 Å². The number of anilines is 1. The van der Waals surface area contributed by atoms with Gasteiger partial charge in [0.05, 0.1) is 11.3 Å². The summed E-state index contributed by atoms with van der Waals surface area (Å²) in [5, 5.41) is 2.09. The van der Waals surface area contributed by atoms with Gasteiger partial charge in [-0.05, 0) is 28.1 Å². The van der Waals surface area contributed by atoms with Gasteiger partial charge in [-0.3, -0.25) is 4.79 Å². The quantitative estimate of drug-likeness (QED) is 0.823. The highest BCUT2D eigenvalue weighted by Crippen LogP contribution is 2.39. The van der Waals surface area contributed by atoms with Crippen LogP contribution in [0.25, 0.3) is 0 Å². The third-order valence-electron chi connectivity index (χ3n) is 1.95. The highest BCUT2D eigenvalue weighted by Gasteiger charge is 2.35. The van der Waals surface area contributed by atoms with Crippen molar-refractivity contribution >= 4 is 27.5 Å². The zero-order valence-electron chi connectivity index (χ0n) is 8.66. The molecule has 17 heavy (non-hydrogen) atoms. The van der Waals surface area contributed by atoms with Crippen molar-refractivity contribution in [2.45, 2.75) is 19.5 Å². The fourth-order valence-corrected chi connectivity index (χ4v) is 1.68. The summed E-state index contributed by atoms with van der Waals surface area (Å²) in [4.78, 5) is 11.1. The molecule has 0 aromatic heterocycles. The minimum absolute atomic E-state index is 0.0289. The topological polar surface area (TPSA) is 29.1 Å². The lowest BCUT2D eigenvalue weighted by atomic mass is 10.1. The Bertz CT molecular complexity index is 445. The Morgan fingerprint density at radius 1 is 1.41 bits per heavy atom. The molecule has 2 nitrogen and oxygen atoms in total. The molecule has 7 heteroatoms. The maximum Gasteiger partial charge on any atom is 0.418 e. The monoisotopic (exact) mass is 313 g/mol. The molecule has 0 aliphatic carbocycles. The van der Waals surface area contributed by atoms with Crippen LogP contribution in [0.3, 0.4) is 0 Å². The van der Waals surface area contributed by atoms with Crippen LogP contribution >= 0.6 is 15.9 Å². The highest BCUT2D eigenvalue weighted by atomic mass is 79.9. The molecule has 0 spiro atoms. The van der Waals surface area contributed by atoms with E-state index in [0.29, 0.717) is 6.07 Å². The smallest absolute Gasteiger partial charge is 0.325 e. The Labute approximate surface area is 103 Å². The van der Waals surface area contributed by atoms with E-state index in [4.69, 9.17) is 0 Å². The van der Waals surface area contributed by atoms with Crippen molar-refractivity contribution in [1.29, 1.82) is 0 Å². The predicted molar refractivity (Wildman–Crippen MR) is 58.0 cm³/mol. The number of nitrogens with one attached hydrogen (secondary N) is 1. The van der Waals surface area contributed by atoms with Crippen LogP contribution in [0.4, 0.5) is 23.2 Å². The van der Waals surface area contributed by atoms with E-state index < -0.39 is 29.2 Å². The lowest BCUT2D eigenvalue weighted by Gasteiger charge is -2.15. The minimum atomic E-state index is -4.74. The normalized spacial score (nSPS) is 11.4. The summed E-state index contributed by atoms with van der Waals surface area (Å²) in [6.45, 7) is 1.50. The molecule has 94 valence electrons. The summed E-state index contributed by atoms with van der Waals surface area (Å²) in [5.74, 6) is -1.61. The second-order valence-electron chi connectivity index (χ2n) is 3.21. The number of amides is 1. The number of carbonyl (C=O) groups is 1. The van der Waals surface area contributed by atoms with Crippen LogP contribution in [0, 0.1) is 5.82 Å². The van der Waals surface area contributed by atoms with Gasteiger partial charge in [-0.2, -0.15) is 13.2 Å². The molecule has 1 amide bonds. The number of carbonyl (C=O) groups excluding carboxylic acids is 1. The molecule has 0 radical (unpaired) electrons. The van der Waals surface area contributed by atoms with Gasteiger partial charge >= 0.3 is 6.18 Å². The lowest BCUT2D eigenvalue weighted by molar-refractivity contribution is -0.137. The second kappa shape index (κ2) is 5.03. The summed E-state index contributed by atoms with van der Waals surface area (Å²) < 4.78 is 50.6. The Balaban J connectivity index is 3.31. The summed E-state index contributed by atoms with van der Waals surface area (Å²) in [7, 11) is 0. The molecule has 1 N–H and O–H groups in total. The fourth-order valence-electron chi connectivity index (χ4n) is 1.15. The summed E-state index contributed by atoms with van der Waals surface area (Å²) in [6.07, 6.45) is -4.71. The second-order valence-corrected chi connectivity index (χ2v) is 4.06. The molecule has 1 aromatic rings. The molecule has 0 saturated carbocycles. The van der Waals surface area contributed by atoms with Crippen LogP contribution in [0.1, 0.15) is 18.9 Å². The maximum absolute atomic E-state index is 12.9. The molecular formula is C10H8BrF4NO. The number of alkyl halides is 3. The lowest BCUT2D eigenvalue weighted by Crippen LogP contribution is -2.16. The van der Waals surface area contributed by atoms with Crippen molar-refractivity contribution in [2.24, 2.45) is 0 Å². The summed E-state index contributed by atoms with van der Waals surface area (Å²) >= 11 is 2.79. The Morgan fingerprint density at radius 3 is 2.47 bits per heavy atom. The van der Waals surface area contributed by atoms with Crippen molar-refractivity contribution in [3.63, 3.8) is 0 Å². The van der Waals surface area contributed by atoms with Gasteiger partial charge in [0, 0.05) is 10.9 Å². The standard InChI is InChI=1S/C10H8BrF4NO/c1-2-8(17)16-9-6(10(13,14)15)3-5(12)4-7(9)11/h3-4H,2H2,1H3,(H,16,17). The van der Waals surface area contributed by atoms with Gasteiger partial charge in [0.25, 0.3) is 0 Å². The maximum atomic E-state index is 12.9. The van der Waals surface area contributed by atoms with E-state index in [1.165, 1.54) is 6.92 Å². The predicted octanol–water partition coefficient (Wildman–Crippen LogP) is 3.96. The van der Waals surface area contributed by atoms with E-state index in [2.05, 4.69) is 21.2 Å². The molecule has 0 bridgehead atoms. The summed E-state index contributed by atoms with van der Waals surface area (Å²) in [5.41, 5.74) is -1.68. The Hall–Kier alpha value is -1.11. The molecule has 1 aromatic carbocycles. The van der Waals surface area contributed by atoms with Crippen molar-refractivity contribution in [1.82, 2.24) is 0 Å². The van der Waals surface area contributed by atoms with Gasteiger partial charge in [-0.1, -0.05) is 6.92 Å². The third kappa shape index (κ3) is 3.42. The van der Waals surface area contributed by atoms with Crippen molar-refractivity contribution < 1.29 is 22.4 Å². The number of benzene rings is 1. The third-order valence-corrected chi connectivity index (χ3v) is 2.57. The summed E-state index contributed by atoms with van der Waals surface area (Å²) in [6, 6.07) is 1.20. The molecule has 0 fully saturated rings. The highest BCUT2D eigenvalue weighted by molar-refractivity contribution is 9.10. The van der Waals surface area contributed by atoms with Gasteiger partial charge < -0.3 is 5.32 Å². The average Bonchev–Trinajstić information content (AvgIpc) is 2.19. The minimum Gasteiger partial charge on any atom is -0.325 e. The first kappa shape index (κ1) is 14.0. The largest absolute Gasteiger partial charge is 0.418 e. The van der Waals surface area contributed by atoms with Gasteiger partial charge in [0.1, 0.15) is 5.82 Å². The van der Waals surface area contributed by atoms with E-state index in [9.17, 15) is 22.4 Å². The first-order chi connectivity index (χ1) is 7.75. The number of hydrogen-bond donors (Lipinski definition) is 1. The molecular weight excluding hydrogens is 306 g/mol. The average molecular weight is 314 g/mol. The molecule has 0 aliphatic heterocycles. The van der Waals surface area contributed by atoms with E-state index >= 15 is 0 Å². The fraction of sp³-hybridized carbons (Fsp3) is 0.300. The number of halogens is 5. The van der Waals surface area contributed by atoms with Crippen LogP contribution in [0.2, 0.25) is 0 Å². The molecule has 1 rings (SSSR count). The van der Waals surface area contributed by atoms with Crippen LogP contribution in [0.15, 0.2) is 16.6 Å². The van der Waals surface area contributed by atoms with Gasteiger partial charge in [-0.25, -0.2) is 4.39 Å². The van der Waals surface area contributed by atoms with Crippen molar-refractivity contribution in [3.05, 3.63) is 28.0 Å². The van der Waals surface area contributed by atoms with Crippen LogP contribution in [-0.4, -0.2) is 5.91 Å². The van der Waals surface area contributed by atoms with Crippen LogP contribution in [0.5, 0.6) is 0 Å². The first-order valence-electron chi connectivity index (χ1n) is 4.61.